The standard InChI is InChI=1S/C16H21NO4/c1-21-11-14-3-2-10-17(14)16(20)13-7-4-12(5-8-13)6-9-15(18)19/h4-5,7-8,14H,2-3,6,9-11H2,1H3,(H,18,19). The van der Waals surface area contributed by atoms with Crippen molar-refractivity contribution in [3.63, 3.8) is 0 Å². The minimum absolute atomic E-state index is 0.0272. The zero-order valence-electron chi connectivity index (χ0n) is 12.2. The molecule has 1 amide bonds. The molecule has 1 heterocycles. The summed E-state index contributed by atoms with van der Waals surface area (Å²) in [5.41, 5.74) is 1.58. The summed E-state index contributed by atoms with van der Waals surface area (Å²) in [4.78, 5) is 24.9. The van der Waals surface area contributed by atoms with Crippen molar-refractivity contribution >= 4 is 11.9 Å². The van der Waals surface area contributed by atoms with Crippen LogP contribution in [0.5, 0.6) is 0 Å². The molecule has 2 rings (SSSR count). The van der Waals surface area contributed by atoms with Crippen molar-refractivity contribution in [1.29, 1.82) is 0 Å². The molecular weight excluding hydrogens is 270 g/mol. The molecule has 0 radical (unpaired) electrons. The van der Waals surface area contributed by atoms with Crippen molar-refractivity contribution < 1.29 is 19.4 Å². The highest BCUT2D eigenvalue weighted by Crippen LogP contribution is 2.20. The number of carboxylic acids is 1. The maximum absolute atomic E-state index is 12.5. The van der Waals surface area contributed by atoms with Crippen LogP contribution in [0.3, 0.4) is 0 Å². The fourth-order valence-corrected chi connectivity index (χ4v) is 2.70. The van der Waals surface area contributed by atoms with Gasteiger partial charge in [0, 0.05) is 25.6 Å². The van der Waals surface area contributed by atoms with Gasteiger partial charge in [0.25, 0.3) is 5.91 Å². The van der Waals surface area contributed by atoms with E-state index in [1.807, 2.05) is 17.0 Å². The number of nitrogens with zero attached hydrogens (tertiary/aromatic N) is 1. The molecule has 0 bridgehead atoms. The summed E-state index contributed by atoms with van der Waals surface area (Å²) in [7, 11) is 1.65. The van der Waals surface area contributed by atoms with Crippen molar-refractivity contribution in [2.45, 2.75) is 31.7 Å². The molecule has 1 aliphatic rings. The molecule has 1 aliphatic heterocycles. The van der Waals surface area contributed by atoms with Crippen LogP contribution >= 0.6 is 0 Å². The molecule has 1 N–H and O–H groups in total. The highest BCUT2D eigenvalue weighted by Gasteiger charge is 2.29. The lowest BCUT2D eigenvalue weighted by Gasteiger charge is -2.24. The normalized spacial score (nSPS) is 18.0. The molecule has 1 saturated heterocycles. The maximum Gasteiger partial charge on any atom is 0.303 e. The minimum Gasteiger partial charge on any atom is -0.481 e. The highest BCUT2D eigenvalue weighted by molar-refractivity contribution is 5.94. The topological polar surface area (TPSA) is 66.8 Å². The molecule has 1 fully saturated rings. The predicted octanol–water partition coefficient (Wildman–Crippen LogP) is 1.95. The average molecular weight is 291 g/mol. The number of hydrogen-bond acceptors (Lipinski definition) is 3. The second-order valence-corrected chi connectivity index (χ2v) is 5.34. The summed E-state index contributed by atoms with van der Waals surface area (Å²) < 4.78 is 5.17. The van der Waals surface area contributed by atoms with Crippen LogP contribution in [0, 0.1) is 0 Å². The zero-order valence-corrected chi connectivity index (χ0v) is 12.2. The number of carboxylic acid groups (broad SMARTS) is 1. The summed E-state index contributed by atoms with van der Waals surface area (Å²) >= 11 is 0. The molecular formula is C16H21NO4. The molecule has 0 saturated carbocycles. The van der Waals surface area contributed by atoms with Crippen LogP contribution < -0.4 is 0 Å². The van der Waals surface area contributed by atoms with Gasteiger partial charge in [-0.3, -0.25) is 9.59 Å². The highest BCUT2D eigenvalue weighted by atomic mass is 16.5. The molecule has 0 aliphatic carbocycles. The van der Waals surface area contributed by atoms with Crippen LogP contribution in [0.1, 0.15) is 35.2 Å². The smallest absolute Gasteiger partial charge is 0.303 e. The summed E-state index contributed by atoms with van der Waals surface area (Å²) in [5, 5.41) is 8.67. The van der Waals surface area contributed by atoms with Gasteiger partial charge < -0.3 is 14.7 Å². The lowest BCUT2D eigenvalue weighted by molar-refractivity contribution is -0.136. The third-order valence-electron chi connectivity index (χ3n) is 3.83. The molecule has 1 unspecified atom stereocenters. The van der Waals surface area contributed by atoms with E-state index in [0.717, 1.165) is 24.9 Å². The number of benzene rings is 1. The van der Waals surface area contributed by atoms with Crippen LogP contribution in [0.15, 0.2) is 24.3 Å². The van der Waals surface area contributed by atoms with Gasteiger partial charge in [-0.05, 0) is 37.0 Å². The Kier molecular flexibility index (Phi) is 5.33. The first-order chi connectivity index (χ1) is 10.1. The van der Waals surface area contributed by atoms with Crippen LogP contribution in [-0.2, 0) is 16.0 Å². The van der Waals surface area contributed by atoms with Gasteiger partial charge in [-0.1, -0.05) is 12.1 Å². The van der Waals surface area contributed by atoms with Gasteiger partial charge in [0.2, 0.25) is 0 Å². The fourth-order valence-electron chi connectivity index (χ4n) is 2.70. The van der Waals surface area contributed by atoms with Crippen molar-refractivity contribution in [1.82, 2.24) is 4.90 Å². The second kappa shape index (κ2) is 7.22. The van der Waals surface area contributed by atoms with E-state index in [1.54, 1.807) is 19.2 Å². The molecule has 0 spiro atoms. The fraction of sp³-hybridized carbons (Fsp3) is 0.500. The summed E-state index contributed by atoms with van der Waals surface area (Å²) in [6.07, 6.45) is 2.59. The van der Waals surface area contributed by atoms with Crippen molar-refractivity contribution in [2.24, 2.45) is 0 Å². The van der Waals surface area contributed by atoms with Gasteiger partial charge in [-0.2, -0.15) is 0 Å². The number of aryl methyl sites for hydroxylation is 1. The summed E-state index contributed by atoms with van der Waals surface area (Å²) in [6.45, 7) is 1.34. The first-order valence-corrected chi connectivity index (χ1v) is 7.22. The van der Waals surface area contributed by atoms with Crippen molar-refractivity contribution in [3.8, 4) is 0 Å². The molecule has 1 aromatic carbocycles. The van der Waals surface area contributed by atoms with Gasteiger partial charge >= 0.3 is 5.97 Å². The molecule has 0 aromatic heterocycles. The lowest BCUT2D eigenvalue weighted by atomic mass is 10.1. The number of rotatable bonds is 6. The SMILES string of the molecule is COCC1CCCN1C(=O)c1ccc(CCC(=O)O)cc1. The first kappa shape index (κ1) is 15.5. The van der Waals surface area contributed by atoms with Crippen LogP contribution in [0.4, 0.5) is 0 Å². The minimum atomic E-state index is -0.811. The van der Waals surface area contributed by atoms with Gasteiger partial charge in [0.15, 0.2) is 0 Å². The van der Waals surface area contributed by atoms with Crippen LogP contribution in [0.2, 0.25) is 0 Å². The number of amides is 1. The number of likely N-dealkylation sites (tertiary alicyclic amines) is 1. The number of ether oxygens (including phenoxy) is 1. The predicted molar refractivity (Wildman–Crippen MR) is 78.3 cm³/mol. The van der Waals surface area contributed by atoms with Gasteiger partial charge in [-0.25, -0.2) is 0 Å². The third kappa shape index (κ3) is 4.04. The van der Waals surface area contributed by atoms with E-state index in [-0.39, 0.29) is 18.4 Å². The van der Waals surface area contributed by atoms with Crippen molar-refractivity contribution in [3.05, 3.63) is 35.4 Å². The largest absolute Gasteiger partial charge is 0.481 e. The van der Waals surface area contributed by atoms with Crippen LogP contribution in [0.25, 0.3) is 0 Å². The molecule has 1 aromatic rings. The first-order valence-electron chi connectivity index (χ1n) is 7.22. The van der Waals surface area contributed by atoms with Gasteiger partial charge in [-0.15, -0.1) is 0 Å². The number of hydrogen-bond donors (Lipinski definition) is 1. The Morgan fingerprint density at radius 3 is 2.67 bits per heavy atom. The van der Waals surface area contributed by atoms with Crippen LogP contribution in [-0.4, -0.2) is 48.2 Å². The monoisotopic (exact) mass is 291 g/mol. The Balaban J connectivity index is 2.00. The van der Waals surface area contributed by atoms with E-state index >= 15 is 0 Å². The van der Waals surface area contributed by atoms with E-state index in [4.69, 9.17) is 9.84 Å². The third-order valence-corrected chi connectivity index (χ3v) is 3.83. The number of aliphatic carboxylic acids is 1. The van der Waals surface area contributed by atoms with E-state index < -0.39 is 5.97 Å². The zero-order chi connectivity index (χ0) is 15.2. The number of carbonyl (C=O) groups excluding carboxylic acids is 1. The number of carbonyl (C=O) groups is 2. The van der Waals surface area contributed by atoms with Gasteiger partial charge in [0.1, 0.15) is 0 Å². The quantitative estimate of drug-likeness (QED) is 0.870. The second-order valence-electron chi connectivity index (χ2n) is 5.34. The molecule has 1 atom stereocenters. The summed E-state index contributed by atoms with van der Waals surface area (Å²) in [6, 6.07) is 7.38. The summed E-state index contributed by atoms with van der Waals surface area (Å²) in [5.74, 6) is -0.783. The van der Waals surface area contributed by atoms with Crippen molar-refractivity contribution in [2.75, 3.05) is 20.3 Å². The number of methoxy groups -OCH3 is 1. The maximum atomic E-state index is 12.5. The Morgan fingerprint density at radius 1 is 1.33 bits per heavy atom. The average Bonchev–Trinajstić information content (AvgIpc) is 2.93. The Hall–Kier alpha value is -1.88. The van der Waals surface area contributed by atoms with E-state index in [1.165, 1.54) is 0 Å². The molecule has 21 heavy (non-hydrogen) atoms. The Morgan fingerprint density at radius 2 is 2.05 bits per heavy atom. The molecule has 114 valence electrons. The molecule has 5 nitrogen and oxygen atoms in total. The lowest BCUT2D eigenvalue weighted by Crippen LogP contribution is -2.38. The van der Waals surface area contributed by atoms with Gasteiger partial charge in [0.05, 0.1) is 12.6 Å². The van der Waals surface area contributed by atoms with E-state index in [2.05, 4.69) is 0 Å². The van der Waals surface area contributed by atoms with E-state index in [9.17, 15) is 9.59 Å². The van der Waals surface area contributed by atoms with E-state index in [0.29, 0.717) is 18.6 Å². The Labute approximate surface area is 124 Å². The Bertz CT molecular complexity index is 498. The molecule has 5 heteroatoms.